The molecule has 6 aromatic rings. The number of hydrogen-bond acceptors (Lipinski definition) is 10. The van der Waals surface area contributed by atoms with Gasteiger partial charge in [0, 0.05) is 55.2 Å². The Kier molecular flexibility index (Phi) is 11.1. The van der Waals surface area contributed by atoms with Gasteiger partial charge in [-0.2, -0.15) is 4.31 Å². The summed E-state index contributed by atoms with van der Waals surface area (Å²) in [5.74, 6) is -0.524. The number of fused-ring (bicyclic) bond motifs is 2. The van der Waals surface area contributed by atoms with E-state index in [0.29, 0.717) is 11.4 Å². The summed E-state index contributed by atoms with van der Waals surface area (Å²) in [7, 11) is -2.49. The first kappa shape index (κ1) is 37.9. The van der Waals surface area contributed by atoms with Crippen molar-refractivity contribution in [1.82, 2.24) is 13.9 Å². The van der Waals surface area contributed by atoms with E-state index in [9.17, 15) is 23.1 Å². The van der Waals surface area contributed by atoms with Crippen LogP contribution < -0.4 is 10.1 Å². The summed E-state index contributed by atoms with van der Waals surface area (Å²) < 4.78 is 48.2. The molecule has 14 heteroatoms. The third-order valence-corrected chi connectivity index (χ3v) is 12.4. The van der Waals surface area contributed by atoms with Crippen molar-refractivity contribution in [3.63, 3.8) is 0 Å². The molecule has 1 aliphatic heterocycles. The minimum absolute atomic E-state index is 0.0181. The molecular formula is C41H40N4O8S2. The maximum absolute atomic E-state index is 13.8. The van der Waals surface area contributed by atoms with Crippen LogP contribution in [0.1, 0.15) is 35.2 Å². The molecule has 0 saturated carbocycles. The molecule has 0 fully saturated rings. The largest absolute Gasteiger partial charge is 0.497 e. The highest BCUT2D eigenvalue weighted by Crippen LogP contribution is 2.37. The molecule has 3 heterocycles. The highest BCUT2D eigenvalue weighted by molar-refractivity contribution is 7.89. The zero-order valence-corrected chi connectivity index (χ0v) is 32.1. The average molecular weight is 781 g/mol. The van der Waals surface area contributed by atoms with Crippen LogP contribution in [0.3, 0.4) is 0 Å². The van der Waals surface area contributed by atoms with Crippen molar-refractivity contribution in [2.45, 2.75) is 37.4 Å². The summed E-state index contributed by atoms with van der Waals surface area (Å²) in [6, 6.07) is 27.1. The van der Waals surface area contributed by atoms with Gasteiger partial charge in [0.25, 0.3) is 5.91 Å². The monoisotopic (exact) mass is 780 g/mol. The number of nitrogens with one attached hydrogen (secondary N) is 1. The highest BCUT2D eigenvalue weighted by Gasteiger charge is 2.32. The maximum atomic E-state index is 13.8. The first-order valence-corrected chi connectivity index (χ1v) is 19.9. The number of nitrogens with zero attached hydrogens (tertiary/aromatic N) is 3. The number of rotatable bonds is 13. The zero-order chi connectivity index (χ0) is 38.7. The van der Waals surface area contributed by atoms with E-state index in [0.717, 1.165) is 41.6 Å². The molecule has 12 nitrogen and oxygen atoms in total. The summed E-state index contributed by atoms with van der Waals surface area (Å²) in [6.07, 6.45) is 2.84. The van der Waals surface area contributed by atoms with E-state index in [1.165, 1.54) is 31.7 Å². The molecule has 0 radical (unpaired) electrons. The number of aliphatic hydroxyl groups is 1. The lowest BCUT2D eigenvalue weighted by Gasteiger charge is -2.30. The van der Waals surface area contributed by atoms with Crippen LogP contribution in [-0.4, -0.2) is 78.9 Å². The number of anilines is 1. The number of sulfonamides is 1. The van der Waals surface area contributed by atoms with Crippen LogP contribution in [0, 0.1) is 6.92 Å². The molecule has 2 unspecified atom stereocenters. The number of hydrogen-bond donors (Lipinski definition) is 2. The van der Waals surface area contributed by atoms with Gasteiger partial charge in [0.1, 0.15) is 10.8 Å². The molecule has 55 heavy (non-hydrogen) atoms. The van der Waals surface area contributed by atoms with Crippen LogP contribution in [-0.2, 0) is 24.3 Å². The van der Waals surface area contributed by atoms with E-state index in [4.69, 9.17) is 19.2 Å². The van der Waals surface area contributed by atoms with Gasteiger partial charge >= 0.3 is 0 Å². The number of para-hydroxylation sites is 1. The summed E-state index contributed by atoms with van der Waals surface area (Å²) in [5.41, 5.74) is 5.12. The minimum Gasteiger partial charge on any atom is -0.497 e. The van der Waals surface area contributed by atoms with E-state index in [1.807, 2.05) is 55.5 Å². The number of carbonyl (C=O) groups is 2. The average Bonchev–Trinajstić information content (AvgIpc) is 3.80. The van der Waals surface area contributed by atoms with Gasteiger partial charge in [0.2, 0.25) is 22.2 Å². The molecule has 1 aliphatic rings. The number of amides is 1. The molecule has 2 aromatic heterocycles. The molecule has 0 bridgehead atoms. The lowest BCUT2D eigenvalue weighted by Crippen LogP contribution is -2.37. The first-order valence-electron chi connectivity index (χ1n) is 17.7. The van der Waals surface area contributed by atoms with Crippen LogP contribution in [0.25, 0.3) is 31.7 Å². The van der Waals surface area contributed by atoms with Gasteiger partial charge < -0.3 is 24.6 Å². The summed E-state index contributed by atoms with van der Waals surface area (Å²) >= 11 is 1.60. The summed E-state index contributed by atoms with van der Waals surface area (Å²) in [4.78, 5) is 31.2. The first-order chi connectivity index (χ1) is 26.5. The van der Waals surface area contributed by atoms with Crippen molar-refractivity contribution in [2.24, 2.45) is 0 Å². The number of aryl methyl sites for hydroxylation is 1. The Hall–Kier alpha value is -5.38. The van der Waals surface area contributed by atoms with Crippen molar-refractivity contribution in [2.75, 3.05) is 38.7 Å². The fourth-order valence-corrected chi connectivity index (χ4v) is 9.07. The predicted molar refractivity (Wildman–Crippen MR) is 212 cm³/mol. The third-order valence-electron chi connectivity index (χ3n) is 9.39. The van der Waals surface area contributed by atoms with Gasteiger partial charge in [-0.3, -0.25) is 14.2 Å². The Morgan fingerprint density at radius 2 is 1.80 bits per heavy atom. The van der Waals surface area contributed by atoms with Crippen LogP contribution in [0.4, 0.5) is 5.69 Å². The van der Waals surface area contributed by atoms with Gasteiger partial charge in [0.15, 0.2) is 5.76 Å². The van der Waals surface area contributed by atoms with Crippen molar-refractivity contribution < 1.29 is 37.3 Å². The molecule has 0 saturated heterocycles. The molecule has 2 atom stereocenters. The molecule has 0 spiro atoms. The molecule has 1 amide bonds. The third kappa shape index (κ3) is 8.19. The van der Waals surface area contributed by atoms with Crippen molar-refractivity contribution >= 4 is 60.0 Å². The number of aromatic nitrogens is 2. The van der Waals surface area contributed by atoms with Gasteiger partial charge in [-0.05, 0) is 90.9 Å². The van der Waals surface area contributed by atoms with Crippen LogP contribution in [0.2, 0.25) is 0 Å². The Morgan fingerprint density at radius 3 is 2.53 bits per heavy atom. The quantitative estimate of drug-likeness (QED) is 0.127. The van der Waals surface area contributed by atoms with Crippen LogP contribution >= 0.6 is 11.3 Å². The van der Waals surface area contributed by atoms with Crippen molar-refractivity contribution in [3.8, 4) is 16.3 Å². The van der Waals surface area contributed by atoms with E-state index < -0.39 is 34.7 Å². The molecule has 7 rings (SSSR count). The Morgan fingerprint density at radius 1 is 1.04 bits per heavy atom. The minimum atomic E-state index is -3.98. The second kappa shape index (κ2) is 16.2. The standard InChI is InChI=1S/C41H40N4O8S2/c1-26-8-17-35-38(22-26)54-41(43-35)28-9-11-30(12-10-28)42-40(48)37-23-29(34-25-45(27(2)47)36-7-5-4-6-33(34)36)24-39(53-37)52-21-19-44(18-20-46)55(49,50)32-15-13-31(51-3)14-16-32/h4-17,22-23,25,29,39,46H,18-21,24H2,1-3H3,(H,42,48). The fraction of sp³-hybridized carbons (Fsp3) is 0.244. The van der Waals surface area contributed by atoms with E-state index >= 15 is 0 Å². The number of thiazole rings is 1. The zero-order valence-electron chi connectivity index (χ0n) is 30.5. The van der Waals surface area contributed by atoms with Crippen molar-refractivity contribution in [1.29, 1.82) is 0 Å². The van der Waals surface area contributed by atoms with Crippen LogP contribution in [0.15, 0.2) is 114 Å². The number of allylic oxidation sites excluding steroid dienone is 1. The predicted octanol–water partition coefficient (Wildman–Crippen LogP) is 6.95. The molecule has 0 aliphatic carbocycles. The number of aliphatic hydroxyl groups excluding tert-OH is 1. The molecule has 4 aromatic carbocycles. The molecular weight excluding hydrogens is 741 g/mol. The van der Waals surface area contributed by atoms with Gasteiger partial charge in [0.05, 0.1) is 41.0 Å². The topological polar surface area (TPSA) is 149 Å². The Labute approximate surface area is 322 Å². The maximum Gasteiger partial charge on any atom is 0.290 e. The summed E-state index contributed by atoms with van der Waals surface area (Å²) in [5, 5.41) is 14.4. The van der Waals surface area contributed by atoms with E-state index in [-0.39, 0.29) is 42.7 Å². The van der Waals surface area contributed by atoms with Gasteiger partial charge in [-0.1, -0.05) is 24.3 Å². The number of methoxy groups -OCH3 is 1. The SMILES string of the molecule is COc1ccc(S(=O)(=O)N(CCO)CCOC2CC(c3cn(C(C)=O)c4ccccc34)C=C(C(=O)Nc3ccc(-c4nc5ccc(C)cc5s4)cc3)O2)cc1. The van der Waals surface area contributed by atoms with E-state index in [1.54, 1.807) is 52.4 Å². The number of ether oxygens (including phenoxy) is 3. The second-order valence-electron chi connectivity index (χ2n) is 13.1. The van der Waals surface area contributed by atoms with Crippen LogP contribution in [0.5, 0.6) is 5.75 Å². The second-order valence-corrected chi connectivity index (χ2v) is 16.1. The normalized spacial score (nSPS) is 15.9. The Bertz CT molecular complexity index is 2490. The Balaban J connectivity index is 1.11. The molecule has 2 N–H and O–H groups in total. The van der Waals surface area contributed by atoms with Gasteiger partial charge in [-0.25, -0.2) is 13.4 Å². The van der Waals surface area contributed by atoms with Crippen molar-refractivity contribution in [3.05, 3.63) is 120 Å². The lowest BCUT2D eigenvalue weighted by molar-refractivity contribution is -0.143. The van der Waals surface area contributed by atoms with E-state index in [2.05, 4.69) is 11.4 Å². The summed E-state index contributed by atoms with van der Waals surface area (Å²) in [6.45, 7) is 2.81. The number of benzene rings is 4. The fourth-order valence-electron chi connectivity index (χ4n) is 6.59. The molecule has 284 valence electrons. The van der Waals surface area contributed by atoms with Gasteiger partial charge in [-0.15, -0.1) is 11.3 Å². The highest BCUT2D eigenvalue weighted by atomic mass is 32.2. The lowest BCUT2D eigenvalue weighted by atomic mass is 9.92. The number of carbonyl (C=O) groups excluding carboxylic acids is 2. The smallest absolute Gasteiger partial charge is 0.290 e.